The van der Waals surface area contributed by atoms with E-state index in [1.165, 1.54) is 0 Å². The van der Waals surface area contributed by atoms with Gasteiger partial charge in [0.25, 0.3) is 0 Å². The summed E-state index contributed by atoms with van der Waals surface area (Å²) in [5.74, 6) is 0.313. The third-order valence-electron chi connectivity index (χ3n) is 3.85. The van der Waals surface area contributed by atoms with Crippen molar-refractivity contribution in [1.29, 1.82) is 0 Å². The maximum atomic E-state index is 11.0. The molecule has 0 radical (unpaired) electrons. The molecule has 1 aromatic heterocycles. The summed E-state index contributed by atoms with van der Waals surface area (Å²) in [6.07, 6.45) is 1.55. The molecule has 0 fully saturated rings. The van der Waals surface area contributed by atoms with Gasteiger partial charge >= 0.3 is 5.97 Å². The number of benzene rings is 2. The molecule has 0 atom stereocenters. The molecule has 0 saturated carbocycles. The average Bonchev–Trinajstić information content (AvgIpc) is 2.96. The lowest BCUT2D eigenvalue weighted by atomic mass is 10.1. The highest BCUT2D eigenvalue weighted by atomic mass is 79.9. The Balaban J connectivity index is 1.90. The molecule has 0 aliphatic carbocycles. The first-order valence-electron chi connectivity index (χ1n) is 7.65. The highest BCUT2D eigenvalue weighted by molar-refractivity contribution is 9.10. The summed E-state index contributed by atoms with van der Waals surface area (Å²) >= 11 is 3.46. The van der Waals surface area contributed by atoms with Crippen molar-refractivity contribution in [1.82, 2.24) is 0 Å². The van der Waals surface area contributed by atoms with E-state index in [0.29, 0.717) is 22.6 Å². The lowest BCUT2D eigenvalue weighted by Crippen LogP contribution is -2.04. The smallest absolute Gasteiger partial charge is 0.307 e. The molecule has 0 saturated heterocycles. The zero-order valence-corrected chi connectivity index (χ0v) is 15.4. The van der Waals surface area contributed by atoms with Crippen molar-refractivity contribution in [2.45, 2.75) is 20.0 Å². The molecule has 1 N–H and O–H groups in total. The van der Waals surface area contributed by atoms with Gasteiger partial charge in [-0.25, -0.2) is 0 Å². The first-order chi connectivity index (χ1) is 12.0. The van der Waals surface area contributed by atoms with E-state index in [0.717, 1.165) is 21.0 Å². The van der Waals surface area contributed by atoms with Crippen LogP contribution in [-0.2, 0) is 17.8 Å². The van der Waals surface area contributed by atoms with Crippen LogP contribution in [0, 0.1) is 6.92 Å². The Kier molecular flexibility index (Phi) is 4.99. The number of carboxylic acids is 1. The van der Waals surface area contributed by atoms with Gasteiger partial charge in [0.15, 0.2) is 11.3 Å². The van der Waals surface area contributed by atoms with E-state index < -0.39 is 5.97 Å². The fourth-order valence-electron chi connectivity index (χ4n) is 2.65. The number of hydrogen-bond acceptors (Lipinski definition) is 4. The largest absolute Gasteiger partial charge is 0.493 e. The number of aryl methyl sites for hydroxylation is 1. The summed E-state index contributed by atoms with van der Waals surface area (Å²) in [4.78, 5) is 11.0. The van der Waals surface area contributed by atoms with Crippen LogP contribution >= 0.6 is 15.9 Å². The fourth-order valence-corrected chi connectivity index (χ4v) is 3.08. The van der Waals surface area contributed by atoms with Gasteiger partial charge in [-0.3, -0.25) is 4.79 Å². The zero-order valence-electron chi connectivity index (χ0n) is 13.8. The molecule has 1 heterocycles. The molecule has 0 aliphatic heterocycles. The van der Waals surface area contributed by atoms with Crippen molar-refractivity contribution in [3.05, 3.63) is 57.8 Å². The van der Waals surface area contributed by atoms with Crippen LogP contribution in [0.15, 0.2) is 45.5 Å². The van der Waals surface area contributed by atoms with Crippen molar-refractivity contribution in [2.24, 2.45) is 0 Å². The van der Waals surface area contributed by atoms with Crippen molar-refractivity contribution >= 4 is 32.9 Å². The SMILES string of the molecule is COc1cc(Br)cc2c(COc3cc(C)ccc3CC(=O)O)coc12. The number of ether oxygens (including phenoxy) is 2. The third kappa shape index (κ3) is 3.79. The van der Waals surface area contributed by atoms with E-state index in [-0.39, 0.29) is 13.0 Å². The van der Waals surface area contributed by atoms with Crippen LogP contribution in [0.5, 0.6) is 11.5 Å². The Hall–Kier alpha value is -2.47. The standard InChI is InChI=1S/C19H17BrO5/c1-11-3-4-12(6-18(21)22)16(5-11)24-9-13-10-25-19-15(13)7-14(20)8-17(19)23-2/h3-5,7-8,10H,6,9H2,1-2H3,(H,21,22). The van der Waals surface area contributed by atoms with Gasteiger partial charge in [-0.2, -0.15) is 0 Å². The average molecular weight is 405 g/mol. The molecule has 0 bridgehead atoms. The Labute approximate surface area is 153 Å². The zero-order chi connectivity index (χ0) is 18.0. The Morgan fingerprint density at radius 3 is 2.72 bits per heavy atom. The molecule has 2 aromatic carbocycles. The van der Waals surface area contributed by atoms with E-state index in [9.17, 15) is 4.79 Å². The predicted molar refractivity (Wildman–Crippen MR) is 97.3 cm³/mol. The van der Waals surface area contributed by atoms with Crippen LogP contribution in [-0.4, -0.2) is 18.2 Å². The molecule has 0 amide bonds. The first-order valence-corrected chi connectivity index (χ1v) is 8.45. The summed E-state index contributed by atoms with van der Waals surface area (Å²) in [6, 6.07) is 9.28. The second-order valence-electron chi connectivity index (χ2n) is 5.72. The number of halogens is 1. The monoisotopic (exact) mass is 404 g/mol. The molecule has 0 aliphatic rings. The maximum Gasteiger partial charge on any atom is 0.307 e. The molecule has 6 heteroatoms. The third-order valence-corrected chi connectivity index (χ3v) is 4.31. The molecular weight excluding hydrogens is 388 g/mol. The topological polar surface area (TPSA) is 68.9 Å². The predicted octanol–water partition coefficient (Wildman–Crippen LogP) is 4.72. The molecule has 0 spiro atoms. The van der Waals surface area contributed by atoms with Crippen LogP contribution in [0.3, 0.4) is 0 Å². The van der Waals surface area contributed by atoms with Gasteiger partial charge in [-0.1, -0.05) is 28.1 Å². The fraction of sp³-hybridized carbons (Fsp3) is 0.211. The second kappa shape index (κ2) is 7.19. The Bertz CT molecular complexity index is 929. The normalized spacial score (nSPS) is 10.8. The van der Waals surface area contributed by atoms with Crippen LogP contribution in [0.4, 0.5) is 0 Å². The quantitative estimate of drug-likeness (QED) is 0.643. The number of fused-ring (bicyclic) bond motifs is 1. The van der Waals surface area contributed by atoms with Crippen molar-refractivity contribution in [3.63, 3.8) is 0 Å². The minimum atomic E-state index is -0.892. The highest BCUT2D eigenvalue weighted by Crippen LogP contribution is 2.34. The molecule has 0 unspecified atom stereocenters. The number of aliphatic carboxylic acids is 1. The molecular formula is C19H17BrO5. The minimum Gasteiger partial charge on any atom is -0.493 e. The van der Waals surface area contributed by atoms with Crippen LogP contribution < -0.4 is 9.47 Å². The van der Waals surface area contributed by atoms with Gasteiger partial charge in [0, 0.05) is 21.0 Å². The highest BCUT2D eigenvalue weighted by Gasteiger charge is 2.14. The van der Waals surface area contributed by atoms with Gasteiger partial charge in [0.2, 0.25) is 0 Å². The molecule has 3 rings (SSSR count). The summed E-state index contributed by atoms with van der Waals surface area (Å²) in [7, 11) is 1.59. The second-order valence-corrected chi connectivity index (χ2v) is 6.63. The van der Waals surface area contributed by atoms with Gasteiger partial charge in [-0.15, -0.1) is 0 Å². The summed E-state index contributed by atoms with van der Waals surface area (Å²) in [5, 5.41) is 9.94. The number of rotatable bonds is 6. The van der Waals surface area contributed by atoms with Crippen molar-refractivity contribution < 1.29 is 23.8 Å². The lowest BCUT2D eigenvalue weighted by Gasteiger charge is -2.11. The molecule has 130 valence electrons. The number of hydrogen-bond donors (Lipinski definition) is 1. The van der Waals surface area contributed by atoms with Crippen molar-refractivity contribution in [3.8, 4) is 11.5 Å². The van der Waals surface area contributed by atoms with E-state index in [1.54, 1.807) is 19.4 Å². The van der Waals surface area contributed by atoms with E-state index in [2.05, 4.69) is 15.9 Å². The van der Waals surface area contributed by atoms with Crippen LogP contribution in [0.2, 0.25) is 0 Å². The van der Waals surface area contributed by atoms with Crippen LogP contribution in [0.1, 0.15) is 16.7 Å². The van der Waals surface area contributed by atoms with Gasteiger partial charge in [-0.05, 0) is 30.7 Å². The molecule has 3 aromatic rings. The molecule has 25 heavy (non-hydrogen) atoms. The number of carbonyl (C=O) groups is 1. The Morgan fingerprint density at radius 2 is 2.00 bits per heavy atom. The maximum absolute atomic E-state index is 11.0. The van der Waals surface area contributed by atoms with E-state index in [1.807, 2.05) is 31.2 Å². The van der Waals surface area contributed by atoms with Gasteiger partial charge in [0.05, 0.1) is 19.8 Å². The summed E-state index contributed by atoms with van der Waals surface area (Å²) in [6.45, 7) is 2.20. The summed E-state index contributed by atoms with van der Waals surface area (Å²) in [5.41, 5.74) is 3.16. The van der Waals surface area contributed by atoms with Gasteiger partial charge < -0.3 is 19.0 Å². The van der Waals surface area contributed by atoms with Crippen molar-refractivity contribution in [2.75, 3.05) is 7.11 Å². The first kappa shape index (κ1) is 17.4. The van der Waals surface area contributed by atoms with E-state index >= 15 is 0 Å². The number of furan rings is 1. The summed E-state index contributed by atoms with van der Waals surface area (Å²) < 4.78 is 17.7. The van der Waals surface area contributed by atoms with Gasteiger partial charge in [0.1, 0.15) is 12.4 Å². The van der Waals surface area contributed by atoms with E-state index in [4.69, 9.17) is 19.0 Å². The number of methoxy groups -OCH3 is 1. The Morgan fingerprint density at radius 1 is 1.20 bits per heavy atom. The lowest BCUT2D eigenvalue weighted by molar-refractivity contribution is -0.136. The van der Waals surface area contributed by atoms with Crippen LogP contribution in [0.25, 0.3) is 11.0 Å². The number of carboxylic acid groups (broad SMARTS) is 1. The molecule has 5 nitrogen and oxygen atoms in total. The minimum absolute atomic E-state index is 0.0822.